The van der Waals surface area contributed by atoms with E-state index in [2.05, 4.69) is 13.8 Å². The Balaban J connectivity index is 2.29. The molecule has 0 aliphatic heterocycles. The lowest BCUT2D eigenvalue weighted by Gasteiger charge is -2.49. The molecule has 2 rings (SSSR count). The SMILES string of the molecule is Cc1cc(C2CC(O)C2(C)C)ccc1F. The maximum absolute atomic E-state index is 13.1. The average Bonchev–Trinajstić information content (AvgIpc) is 2.19. The standard InChI is InChI=1S/C13H17FO/c1-8-6-9(4-5-11(8)14)10-7-12(15)13(10,2)3/h4-6,10,12,15H,7H2,1-3H3. The van der Waals surface area contributed by atoms with E-state index in [1.807, 2.05) is 12.1 Å². The highest BCUT2D eigenvalue weighted by atomic mass is 19.1. The van der Waals surface area contributed by atoms with Gasteiger partial charge in [0.15, 0.2) is 0 Å². The molecule has 2 unspecified atom stereocenters. The van der Waals surface area contributed by atoms with E-state index in [1.54, 1.807) is 6.92 Å². The average molecular weight is 208 g/mol. The maximum Gasteiger partial charge on any atom is 0.126 e. The van der Waals surface area contributed by atoms with Crippen LogP contribution in [0.25, 0.3) is 0 Å². The van der Waals surface area contributed by atoms with Gasteiger partial charge in [-0.2, -0.15) is 0 Å². The molecule has 82 valence electrons. The van der Waals surface area contributed by atoms with Crippen LogP contribution in [0.4, 0.5) is 4.39 Å². The highest BCUT2D eigenvalue weighted by Gasteiger charge is 2.47. The molecular weight excluding hydrogens is 191 g/mol. The largest absolute Gasteiger partial charge is 0.393 e. The predicted octanol–water partition coefficient (Wildman–Crippen LogP) is 3.01. The molecule has 1 N–H and O–H groups in total. The van der Waals surface area contributed by atoms with E-state index >= 15 is 0 Å². The van der Waals surface area contributed by atoms with Crippen LogP contribution in [0.3, 0.4) is 0 Å². The Morgan fingerprint density at radius 1 is 1.40 bits per heavy atom. The Morgan fingerprint density at radius 2 is 2.07 bits per heavy atom. The quantitative estimate of drug-likeness (QED) is 0.752. The van der Waals surface area contributed by atoms with Gasteiger partial charge in [-0.05, 0) is 41.9 Å². The molecule has 1 aromatic carbocycles. The Kier molecular flexibility index (Phi) is 2.34. The summed E-state index contributed by atoms with van der Waals surface area (Å²) < 4.78 is 13.1. The van der Waals surface area contributed by atoms with Crippen LogP contribution in [-0.2, 0) is 0 Å². The number of aliphatic hydroxyl groups excluding tert-OH is 1. The van der Waals surface area contributed by atoms with Gasteiger partial charge in [-0.3, -0.25) is 0 Å². The van der Waals surface area contributed by atoms with Crippen molar-refractivity contribution in [1.82, 2.24) is 0 Å². The van der Waals surface area contributed by atoms with Crippen molar-refractivity contribution in [3.63, 3.8) is 0 Å². The number of aliphatic hydroxyl groups is 1. The van der Waals surface area contributed by atoms with Gasteiger partial charge in [0.05, 0.1) is 6.10 Å². The van der Waals surface area contributed by atoms with E-state index in [0.717, 1.165) is 12.0 Å². The van der Waals surface area contributed by atoms with Gasteiger partial charge in [0.2, 0.25) is 0 Å². The third-order valence-corrected chi connectivity index (χ3v) is 3.80. The van der Waals surface area contributed by atoms with Crippen molar-refractivity contribution in [2.45, 2.75) is 39.2 Å². The highest BCUT2D eigenvalue weighted by Crippen LogP contribution is 2.52. The number of benzene rings is 1. The number of rotatable bonds is 1. The van der Waals surface area contributed by atoms with Crippen molar-refractivity contribution in [1.29, 1.82) is 0 Å². The van der Waals surface area contributed by atoms with E-state index < -0.39 is 0 Å². The molecule has 15 heavy (non-hydrogen) atoms. The molecule has 1 saturated carbocycles. The zero-order valence-corrected chi connectivity index (χ0v) is 9.42. The predicted molar refractivity (Wildman–Crippen MR) is 58.3 cm³/mol. The summed E-state index contributed by atoms with van der Waals surface area (Å²) in [4.78, 5) is 0. The summed E-state index contributed by atoms with van der Waals surface area (Å²) in [6, 6.07) is 5.25. The van der Waals surface area contributed by atoms with E-state index in [4.69, 9.17) is 0 Å². The smallest absolute Gasteiger partial charge is 0.126 e. The first-order valence-electron chi connectivity index (χ1n) is 5.37. The summed E-state index contributed by atoms with van der Waals surface area (Å²) in [5, 5.41) is 9.66. The molecular formula is C13H17FO. The Bertz CT molecular complexity index is 384. The van der Waals surface area contributed by atoms with Crippen LogP contribution < -0.4 is 0 Å². The van der Waals surface area contributed by atoms with Gasteiger partial charge in [0.1, 0.15) is 5.82 Å². The van der Waals surface area contributed by atoms with Crippen LogP contribution >= 0.6 is 0 Å². The zero-order chi connectivity index (χ0) is 11.2. The minimum absolute atomic E-state index is 0.0791. The third-order valence-electron chi connectivity index (χ3n) is 3.80. The van der Waals surface area contributed by atoms with Crippen molar-refractivity contribution in [3.8, 4) is 0 Å². The minimum atomic E-state index is -0.229. The Hall–Kier alpha value is -0.890. The molecule has 1 aliphatic carbocycles. The number of aryl methyl sites for hydroxylation is 1. The summed E-state index contributed by atoms with van der Waals surface area (Å²) in [5.74, 6) is 0.197. The lowest BCUT2D eigenvalue weighted by atomic mass is 9.58. The summed E-state index contributed by atoms with van der Waals surface area (Å²) in [6.45, 7) is 5.90. The van der Waals surface area contributed by atoms with Gasteiger partial charge in [0, 0.05) is 0 Å². The minimum Gasteiger partial charge on any atom is -0.393 e. The zero-order valence-electron chi connectivity index (χ0n) is 9.42. The van der Waals surface area contributed by atoms with E-state index in [-0.39, 0.29) is 17.3 Å². The molecule has 0 radical (unpaired) electrons. The van der Waals surface area contributed by atoms with Crippen molar-refractivity contribution in [2.75, 3.05) is 0 Å². The summed E-state index contributed by atoms with van der Waals surface area (Å²) in [5.41, 5.74) is 1.75. The van der Waals surface area contributed by atoms with Crippen LogP contribution in [-0.4, -0.2) is 11.2 Å². The fourth-order valence-electron chi connectivity index (χ4n) is 2.35. The van der Waals surface area contributed by atoms with E-state index in [9.17, 15) is 9.50 Å². The summed E-state index contributed by atoms with van der Waals surface area (Å²) in [6.07, 6.45) is 0.561. The van der Waals surface area contributed by atoms with Crippen LogP contribution in [0, 0.1) is 18.2 Å². The van der Waals surface area contributed by atoms with Crippen LogP contribution in [0.1, 0.15) is 37.3 Å². The topological polar surface area (TPSA) is 20.2 Å². The second-order valence-electron chi connectivity index (χ2n) is 5.13. The normalized spacial score (nSPS) is 28.6. The summed E-state index contributed by atoms with van der Waals surface area (Å²) >= 11 is 0. The fraction of sp³-hybridized carbons (Fsp3) is 0.538. The lowest BCUT2D eigenvalue weighted by Crippen LogP contribution is -2.47. The first kappa shape index (κ1) is 10.6. The van der Waals surface area contributed by atoms with Crippen LogP contribution in [0.15, 0.2) is 18.2 Å². The first-order valence-corrected chi connectivity index (χ1v) is 5.37. The monoisotopic (exact) mass is 208 g/mol. The van der Waals surface area contributed by atoms with Crippen LogP contribution in [0.5, 0.6) is 0 Å². The molecule has 1 nitrogen and oxygen atoms in total. The molecule has 0 aromatic heterocycles. The summed E-state index contributed by atoms with van der Waals surface area (Å²) in [7, 11) is 0. The van der Waals surface area contributed by atoms with Gasteiger partial charge in [0.25, 0.3) is 0 Å². The maximum atomic E-state index is 13.1. The van der Waals surface area contributed by atoms with Gasteiger partial charge >= 0.3 is 0 Å². The Labute approximate surface area is 89.9 Å². The van der Waals surface area contributed by atoms with Crippen molar-refractivity contribution in [3.05, 3.63) is 35.1 Å². The highest BCUT2D eigenvalue weighted by molar-refractivity contribution is 5.31. The second-order valence-corrected chi connectivity index (χ2v) is 5.13. The molecule has 0 amide bonds. The van der Waals surface area contributed by atoms with E-state index in [1.165, 1.54) is 6.07 Å². The molecule has 1 fully saturated rings. The van der Waals surface area contributed by atoms with Crippen molar-refractivity contribution < 1.29 is 9.50 Å². The van der Waals surface area contributed by atoms with Crippen molar-refractivity contribution in [2.24, 2.45) is 5.41 Å². The fourth-order valence-corrected chi connectivity index (χ4v) is 2.35. The molecule has 0 spiro atoms. The van der Waals surface area contributed by atoms with Gasteiger partial charge < -0.3 is 5.11 Å². The molecule has 0 bridgehead atoms. The van der Waals surface area contributed by atoms with Gasteiger partial charge in [-0.25, -0.2) is 4.39 Å². The number of halogens is 1. The molecule has 0 saturated heterocycles. The number of hydrogen-bond acceptors (Lipinski definition) is 1. The van der Waals surface area contributed by atoms with Gasteiger partial charge in [-0.1, -0.05) is 26.0 Å². The van der Waals surface area contributed by atoms with E-state index in [0.29, 0.717) is 11.5 Å². The second kappa shape index (κ2) is 3.31. The van der Waals surface area contributed by atoms with Gasteiger partial charge in [-0.15, -0.1) is 0 Å². The molecule has 2 heteroatoms. The van der Waals surface area contributed by atoms with Crippen LogP contribution in [0.2, 0.25) is 0 Å². The lowest BCUT2D eigenvalue weighted by molar-refractivity contribution is -0.0625. The first-order chi connectivity index (χ1) is 6.93. The molecule has 1 aliphatic rings. The molecule has 1 aromatic rings. The molecule has 2 atom stereocenters. The third kappa shape index (κ3) is 1.57. The number of hydrogen-bond donors (Lipinski definition) is 1. The van der Waals surface area contributed by atoms with Crippen molar-refractivity contribution >= 4 is 0 Å². The molecule has 0 heterocycles. The Morgan fingerprint density at radius 3 is 2.53 bits per heavy atom.